The monoisotopic (exact) mass is 340 g/mol. The molecule has 3 aromatic rings. The van der Waals surface area contributed by atoms with Crippen molar-refractivity contribution in [3.05, 3.63) is 74.6 Å². The first-order valence-electron chi connectivity index (χ1n) is 7.12. The van der Waals surface area contributed by atoms with Crippen LogP contribution in [0, 0.1) is 10.1 Å². The Bertz CT molecular complexity index is 1030. The van der Waals surface area contributed by atoms with Crippen LogP contribution in [0.5, 0.6) is 5.75 Å². The lowest BCUT2D eigenvalue weighted by atomic mass is 10.1. The highest BCUT2D eigenvalue weighted by Gasteiger charge is 2.20. The maximum atomic E-state index is 12.2. The zero-order valence-electron chi connectivity index (χ0n) is 12.6. The molecule has 9 heteroatoms. The van der Waals surface area contributed by atoms with Gasteiger partial charge in [-0.2, -0.15) is 0 Å². The Labute approximate surface area is 140 Å². The van der Waals surface area contributed by atoms with Crippen LogP contribution in [0.3, 0.4) is 0 Å². The second-order valence-electron chi connectivity index (χ2n) is 5.11. The first kappa shape index (κ1) is 16.0. The number of nitro benzene ring substituents is 1. The van der Waals surface area contributed by atoms with E-state index in [9.17, 15) is 24.8 Å². The maximum Gasteiger partial charge on any atom is 0.279 e. The topological polar surface area (TPSA) is 137 Å². The maximum absolute atomic E-state index is 12.2. The molecule has 25 heavy (non-hydrogen) atoms. The van der Waals surface area contributed by atoms with Gasteiger partial charge in [0, 0.05) is 17.5 Å². The molecule has 2 aromatic carbocycles. The van der Waals surface area contributed by atoms with Gasteiger partial charge in [-0.1, -0.05) is 18.2 Å². The number of hydrogen-bond donors (Lipinski definition) is 4. The van der Waals surface area contributed by atoms with Crippen LogP contribution in [0.15, 0.2) is 53.3 Å². The molecule has 1 aromatic heterocycles. The van der Waals surface area contributed by atoms with Crippen molar-refractivity contribution in [2.75, 3.05) is 5.43 Å². The smallest absolute Gasteiger partial charge is 0.279 e. The zero-order chi connectivity index (χ0) is 18.0. The third-order valence-corrected chi connectivity index (χ3v) is 3.50. The van der Waals surface area contributed by atoms with E-state index in [0.29, 0.717) is 5.69 Å². The Morgan fingerprint density at radius 2 is 1.88 bits per heavy atom. The van der Waals surface area contributed by atoms with E-state index in [-0.39, 0.29) is 16.6 Å². The van der Waals surface area contributed by atoms with Crippen LogP contribution in [0.1, 0.15) is 10.4 Å². The van der Waals surface area contributed by atoms with Crippen LogP contribution in [-0.2, 0) is 0 Å². The Morgan fingerprint density at radius 3 is 2.56 bits per heavy atom. The number of H-pyrrole nitrogens is 1. The standard InChI is InChI=1S/C16H12N4O5/c21-14-11-8-10(20(24)25)6-7-12(11)17-15(22)13(14)16(23)19-18-9-4-2-1-3-5-9/h1-8,18H,(H,19,23)(H2,17,21,22). The van der Waals surface area contributed by atoms with Gasteiger partial charge in [-0.15, -0.1) is 0 Å². The van der Waals surface area contributed by atoms with E-state index in [0.717, 1.165) is 6.07 Å². The molecular formula is C16H12N4O5. The lowest BCUT2D eigenvalue weighted by Gasteiger charge is -2.10. The fraction of sp³-hybridized carbons (Fsp3) is 0. The van der Waals surface area contributed by atoms with Gasteiger partial charge in [0.15, 0.2) is 0 Å². The van der Waals surface area contributed by atoms with Gasteiger partial charge in [-0.05, 0) is 18.2 Å². The number of para-hydroxylation sites is 1. The molecule has 0 radical (unpaired) electrons. The van der Waals surface area contributed by atoms with Crippen molar-refractivity contribution < 1.29 is 14.8 Å². The van der Waals surface area contributed by atoms with Gasteiger partial charge in [0.05, 0.1) is 16.1 Å². The Hall–Kier alpha value is -3.88. The first-order valence-corrected chi connectivity index (χ1v) is 7.12. The Balaban J connectivity index is 1.98. The van der Waals surface area contributed by atoms with Gasteiger partial charge in [0.25, 0.3) is 17.2 Å². The van der Waals surface area contributed by atoms with E-state index in [1.54, 1.807) is 30.3 Å². The number of aromatic hydroxyl groups is 1. The molecule has 0 saturated heterocycles. The van der Waals surface area contributed by atoms with E-state index in [1.807, 2.05) is 0 Å². The minimum atomic E-state index is -0.879. The summed E-state index contributed by atoms with van der Waals surface area (Å²) in [5.74, 6) is -1.51. The minimum Gasteiger partial charge on any atom is -0.506 e. The van der Waals surface area contributed by atoms with E-state index < -0.39 is 27.7 Å². The van der Waals surface area contributed by atoms with Crippen molar-refractivity contribution >= 4 is 28.2 Å². The van der Waals surface area contributed by atoms with E-state index >= 15 is 0 Å². The summed E-state index contributed by atoms with van der Waals surface area (Å²) in [5, 5.41) is 21.1. The average molecular weight is 340 g/mol. The summed E-state index contributed by atoms with van der Waals surface area (Å²) < 4.78 is 0. The summed E-state index contributed by atoms with van der Waals surface area (Å²) in [5.41, 5.74) is 4.02. The Morgan fingerprint density at radius 1 is 1.16 bits per heavy atom. The highest BCUT2D eigenvalue weighted by molar-refractivity contribution is 6.02. The Kier molecular flexibility index (Phi) is 4.04. The predicted octanol–water partition coefficient (Wildman–Crippen LogP) is 1.90. The van der Waals surface area contributed by atoms with Crippen molar-refractivity contribution in [3.8, 4) is 5.75 Å². The SMILES string of the molecule is O=C(NNc1ccccc1)c1c(O)c2cc([N+](=O)[O-])ccc2[nH]c1=O. The molecule has 1 heterocycles. The number of nitro groups is 1. The minimum absolute atomic E-state index is 0.00124. The van der Waals surface area contributed by atoms with E-state index in [1.165, 1.54) is 12.1 Å². The summed E-state index contributed by atoms with van der Waals surface area (Å²) in [4.78, 5) is 37.0. The van der Waals surface area contributed by atoms with Crippen LogP contribution >= 0.6 is 0 Å². The number of hydrogen-bond acceptors (Lipinski definition) is 6. The van der Waals surface area contributed by atoms with Gasteiger partial charge < -0.3 is 10.1 Å². The predicted molar refractivity (Wildman–Crippen MR) is 90.4 cm³/mol. The lowest BCUT2D eigenvalue weighted by Crippen LogP contribution is -2.33. The average Bonchev–Trinajstić information content (AvgIpc) is 2.60. The van der Waals surface area contributed by atoms with Crippen LogP contribution in [0.25, 0.3) is 10.9 Å². The van der Waals surface area contributed by atoms with Crippen LogP contribution < -0.4 is 16.4 Å². The molecule has 0 unspecified atom stereocenters. The molecule has 126 valence electrons. The van der Waals surface area contributed by atoms with E-state index in [4.69, 9.17) is 0 Å². The van der Waals surface area contributed by atoms with Crippen molar-refractivity contribution in [1.29, 1.82) is 0 Å². The molecule has 3 rings (SSSR count). The zero-order valence-corrected chi connectivity index (χ0v) is 12.6. The lowest BCUT2D eigenvalue weighted by molar-refractivity contribution is -0.384. The molecule has 0 saturated carbocycles. The summed E-state index contributed by atoms with van der Waals surface area (Å²) >= 11 is 0. The highest BCUT2D eigenvalue weighted by atomic mass is 16.6. The summed E-state index contributed by atoms with van der Waals surface area (Å²) in [7, 11) is 0. The second-order valence-corrected chi connectivity index (χ2v) is 5.11. The normalized spacial score (nSPS) is 10.4. The van der Waals surface area contributed by atoms with Gasteiger partial charge in [-0.3, -0.25) is 30.6 Å². The fourth-order valence-corrected chi connectivity index (χ4v) is 2.30. The number of nitrogens with one attached hydrogen (secondary N) is 3. The van der Waals surface area contributed by atoms with Gasteiger partial charge in [0.1, 0.15) is 11.3 Å². The number of nitrogens with zero attached hydrogens (tertiary/aromatic N) is 1. The number of aromatic nitrogens is 1. The van der Waals surface area contributed by atoms with Crippen LogP contribution in [0.4, 0.5) is 11.4 Å². The van der Waals surface area contributed by atoms with Gasteiger partial charge in [0.2, 0.25) is 0 Å². The van der Waals surface area contributed by atoms with Gasteiger partial charge >= 0.3 is 0 Å². The quantitative estimate of drug-likeness (QED) is 0.423. The summed E-state index contributed by atoms with van der Waals surface area (Å²) in [6.45, 7) is 0. The van der Waals surface area contributed by atoms with Crippen molar-refractivity contribution in [3.63, 3.8) is 0 Å². The molecule has 4 N–H and O–H groups in total. The number of aromatic amines is 1. The molecule has 9 nitrogen and oxygen atoms in total. The third kappa shape index (κ3) is 3.11. The van der Waals surface area contributed by atoms with Crippen molar-refractivity contribution in [1.82, 2.24) is 10.4 Å². The molecule has 0 aliphatic heterocycles. The number of fused-ring (bicyclic) bond motifs is 1. The van der Waals surface area contributed by atoms with Crippen molar-refractivity contribution in [2.24, 2.45) is 0 Å². The molecule has 0 fully saturated rings. The fourth-order valence-electron chi connectivity index (χ4n) is 2.30. The van der Waals surface area contributed by atoms with Crippen LogP contribution in [0.2, 0.25) is 0 Å². The summed E-state index contributed by atoms with van der Waals surface area (Å²) in [6.07, 6.45) is 0. The number of benzene rings is 2. The number of carbonyl (C=O) groups excluding carboxylic acids is 1. The number of non-ortho nitro benzene ring substituents is 1. The highest BCUT2D eigenvalue weighted by Crippen LogP contribution is 2.28. The number of amides is 1. The second kappa shape index (κ2) is 6.32. The molecular weight excluding hydrogens is 328 g/mol. The summed E-state index contributed by atoms with van der Waals surface area (Å²) in [6, 6.07) is 12.2. The number of hydrazine groups is 1. The van der Waals surface area contributed by atoms with E-state index in [2.05, 4.69) is 15.8 Å². The largest absolute Gasteiger partial charge is 0.506 e. The number of carbonyl (C=O) groups is 1. The molecule has 0 atom stereocenters. The molecule has 0 spiro atoms. The molecule has 0 bridgehead atoms. The van der Waals surface area contributed by atoms with Crippen molar-refractivity contribution in [2.45, 2.75) is 0 Å². The molecule has 1 amide bonds. The number of pyridine rings is 1. The number of anilines is 1. The number of rotatable bonds is 4. The van der Waals surface area contributed by atoms with Gasteiger partial charge in [-0.25, -0.2) is 0 Å². The first-order chi connectivity index (χ1) is 12.0. The third-order valence-electron chi connectivity index (χ3n) is 3.50. The van der Waals surface area contributed by atoms with Crippen LogP contribution in [-0.4, -0.2) is 20.9 Å². The molecule has 0 aliphatic carbocycles. The molecule has 0 aliphatic rings.